The van der Waals surface area contributed by atoms with Crippen LogP contribution in [0.3, 0.4) is 0 Å². The maximum atomic E-state index is 11.7. The highest BCUT2D eigenvalue weighted by Crippen LogP contribution is 2.18. The lowest BCUT2D eigenvalue weighted by Gasteiger charge is -2.19. The molecule has 1 N–H and O–H groups in total. The second-order valence-corrected chi connectivity index (χ2v) is 5.67. The van der Waals surface area contributed by atoms with Crippen LogP contribution in [0.1, 0.15) is 33.1 Å². The Labute approximate surface area is 128 Å². The number of amides is 1. The molecule has 0 heterocycles. The molecule has 0 rings (SSSR count). The van der Waals surface area contributed by atoms with E-state index in [0.29, 0.717) is 31.6 Å². The molecule has 8 heteroatoms. The zero-order valence-corrected chi connectivity index (χ0v) is 13.5. The van der Waals surface area contributed by atoms with Crippen molar-refractivity contribution in [2.45, 2.75) is 38.7 Å². The normalized spacial score (nSPS) is 13.7. The first-order valence-electron chi connectivity index (χ1n) is 6.04. The summed E-state index contributed by atoms with van der Waals surface area (Å²) in [6.07, 6.45) is 1.08. The first kappa shape index (κ1) is 18.9. The minimum atomic E-state index is -0.953. The maximum absolute atomic E-state index is 11.7. The number of aliphatic hydroxyl groups excluding tert-OH is 1. The molecule has 0 aromatic rings. The molecule has 0 aliphatic heterocycles. The summed E-state index contributed by atoms with van der Waals surface area (Å²) in [6, 6.07) is 0. The van der Waals surface area contributed by atoms with E-state index in [2.05, 4.69) is 12.6 Å². The molecule has 1 amide bonds. The van der Waals surface area contributed by atoms with E-state index in [4.69, 9.17) is 20.9 Å². The van der Waals surface area contributed by atoms with Crippen molar-refractivity contribution in [3.63, 3.8) is 0 Å². The van der Waals surface area contributed by atoms with Crippen LogP contribution in [0.15, 0.2) is 0 Å². The molecule has 1 unspecified atom stereocenters. The summed E-state index contributed by atoms with van der Waals surface area (Å²) in [5, 5.41) is 8.92. The molecule has 0 radical (unpaired) electrons. The molecule has 0 aliphatic carbocycles. The van der Waals surface area contributed by atoms with Crippen molar-refractivity contribution >= 4 is 48.3 Å². The second-order valence-electron chi connectivity index (χ2n) is 3.96. The number of carbonyl (C=O) groups excluding carboxylic acids is 2. The molecule has 2 atom stereocenters. The van der Waals surface area contributed by atoms with Gasteiger partial charge < -0.3 is 9.29 Å². The van der Waals surface area contributed by atoms with Crippen LogP contribution in [0.4, 0.5) is 0 Å². The molecule has 0 saturated heterocycles. The van der Waals surface area contributed by atoms with Crippen molar-refractivity contribution in [2.75, 3.05) is 12.3 Å². The van der Waals surface area contributed by atoms with Crippen LogP contribution in [0, 0.1) is 5.92 Å². The molecular formula is C11H20ClNO4S2. The van der Waals surface area contributed by atoms with Crippen LogP contribution in [-0.2, 0) is 13.8 Å². The van der Waals surface area contributed by atoms with E-state index in [1.165, 1.54) is 4.31 Å². The van der Waals surface area contributed by atoms with Crippen molar-refractivity contribution < 1.29 is 18.9 Å². The first-order chi connectivity index (χ1) is 8.92. The van der Waals surface area contributed by atoms with Gasteiger partial charge in [0.05, 0.1) is 5.92 Å². The smallest absolute Gasteiger partial charge is 0.322 e. The van der Waals surface area contributed by atoms with Crippen molar-refractivity contribution in [1.29, 1.82) is 0 Å². The van der Waals surface area contributed by atoms with E-state index in [1.807, 2.05) is 0 Å². The molecule has 112 valence electrons. The number of hydrogen-bond donors (Lipinski definition) is 2. The Morgan fingerprint density at radius 1 is 1.47 bits per heavy atom. The summed E-state index contributed by atoms with van der Waals surface area (Å²) in [7, 11) is 0. The van der Waals surface area contributed by atoms with Crippen LogP contribution >= 0.6 is 36.5 Å². The van der Waals surface area contributed by atoms with Gasteiger partial charge in [-0.25, -0.2) is 0 Å². The largest absolute Gasteiger partial charge is 0.378 e. The monoisotopic (exact) mass is 329 g/mol. The quantitative estimate of drug-likeness (QED) is 0.294. The third-order valence-electron chi connectivity index (χ3n) is 2.33. The number of rotatable bonds is 9. The minimum Gasteiger partial charge on any atom is -0.378 e. The molecule has 0 saturated carbocycles. The fourth-order valence-electron chi connectivity index (χ4n) is 1.14. The highest BCUT2D eigenvalue weighted by molar-refractivity contribution is 7.93. The lowest BCUT2D eigenvalue weighted by atomic mass is 10.1. The molecule has 0 fully saturated rings. The van der Waals surface area contributed by atoms with Crippen molar-refractivity contribution in [3.05, 3.63) is 0 Å². The summed E-state index contributed by atoms with van der Waals surface area (Å²) < 4.78 is 6.37. The summed E-state index contributed by atoms with van der Waals surface area (Å²) in [6.45, 7) is 3.83. The van der Waals surface area contributed by atoms with Gasteiger partial charge in [-0.2, -0.15) is 12.6 Å². The van der Waals surface area contributed by atoms with E-state index in [1.54, 1.807) is 13.8 Å². The van der Waals surface area contributed by atoms with Gasteiger partial charge in [-0.3, -0.25) is 13.9 Å². The number of hydrogen-bond acceptors (Lipinski definition) is 6. The van der Waals surface area contributed by atoms with Gasteiger partial charge in [0.25, 0.3) is 0 Å². The Balaban J connectivity index is 4.13. The number of aliphatic hydroxyl groups is 1. The average Bonchev–Trinajstić information content (AvgIpc) is 2.39. The molecule has 5 nitrogen and oxygen atoms in total. The number of halogens is 1. The molecule has 0 aromatic heterocycles. The Morgan fingerprint density at radius 3 is 2.58 bits per heavy atom. The van der Waals surface area contributed by atoms with Crippen LogP contribution in [0.25, 0.3) is 0 Å². The van der Waals surface area contributed by atoms with Gasteiger partial charge in [0, 0.05) is 18.7 Å². The van der Waals surface area contributed by atoms with Gasteiger partial charge in [0.15, 0.2) is 12.2 Å². The molecular weight excluding hydrogens is 310 g/mol. The Bertz CT molecular complexity index is 292. The fourth-order valence-corrected chi connectivity index (χ4v) is 2.31. The first-order valence-corrected chi connectivity index (χ1v) is 7.80. The molecule has 0 aromatic carbocycles. The van der Waals surface area contributed by atoms with Gasteiger partial charge in [-0.05, 0) is 12.8 Å². The van der Waals surface area contributed by atoms with Gasteiger partial charge in [-0.1, -0.05) is 25.4 Å². The van der Waals surface area contributed by atoms with Gasteiger partial charge in [0.1, 0.15) is 5.56 Å². The van der Waals surface area contributed by atoms with E-state index in [9.17, 15) is 9.59 Å². The Hall–Kier alpha value is -0.110. The topological polar surface area (TPSA) is 66.8 Å². The lowest BCUT2D eigenvalue weighted by molar-refractivity contribution is -0.137. The Morgan fingerprint density at radius 2 is 2.11 bits per heavy atom. The standard InChI is InChI=1S/C11H20ClNO4S2/c1-3-10(15)13(6-7-18)19-17-11(16)8(2)4-5-9(12)14/h8-9,14,18H,3-7H2,1-2H3/t8-,9?/m0/s1. The van der Waals surface area contributed by atoms with Crippen LogP contribution in [0.2, 0.25) is 0 Å². The van der Waals surface area contributed by atoms with Crippen LogP contribution < -0.4 is 0 Å². The van der Waals surface area contributed by atoms with Crippen LogP contribution in [-0.4, -0.2) is 39.1 Å². The van der Waals surface area contributed by atoms with Crippen molar-refractivity contribution in [2.24, 2.45) is 5.92 Å². The van der Waals surface area contributed by atoms with Crippen molar-refractivity contribution in [3.8, 4) is 0 Å². The maximum Gasteiger partial charge on any atom is 0.322 e. The fraction of sp³-hybridized carbons (Fsp3) is 0.818. The molecule has 0 spiro atoms. The van der Waals surface area contributed by atoms with E-state index in [0.717, 1.165) is 12.2 Å². The summed E-state index contributed by atoms with van der Waals surface area (Å²) in [5.74, 6) is -0.439. The molecule has 0 bridgehead atoms. The second kappa shape index (κ2) is 10.7. The van der Waals surface area contributed by atoms with Gasteiger partial charge in [0.2, 0.25) is 5.91 Å². The predicted octanol–water partition coefficient (Wildman–Crippen LogP) is 2.23. The van der Waals surface area contributed by atoms with E-state index in [-0.39, 0.29) is 11.8 Å². The van der Waals surface area contributed by atoms with Crippen LogP contribution in [0.5, 0.6) is 0 Å². The number of alkyl halides is 1. The zero-order valence-electron chi connectivity index (χ0n) is 11.0. The van der Waals surface area contributed by atoms with E-state index < -0.39 is 11.5 Å². The third kappa shape index (κ3) is 8.62. The predicted molar refractivity (Wildman–Crippen MR) is 79.8 cm³/mol. The number of carbonyl (C=O) groups is 2. The zero-order chi connectivity index (χ0) is 14.8. The number of nitrogens with zero attached hydrogens (tertiary/aromatic N) is 1. The van der Waals surface area contributed by atoms with Crippen molar-refractivity contribution in [1.82, 2.24) is 4.31 Å². The Kier molecular flexibility index (Phi) is 10.6. The average molecular weight is 330 g/mol. The highest BCUT2D eigenvalue weighted by atomic mass is 35.5. The highest BCUT2D eigenvalue weighted by Gasteiger charge is 2.20. The lowest BCUT2D eigenvalue weighted by Crippen LogP contribution is -2.27. The minimum absolute atomic E-state index is 0.115. The van der Waals surface area contributed by atoms with E-state index >= 15 is 0 Å². The summed E-state index contributed by atoms with van der Waals surface area (Å²) >= 11 is 10.2. The van der Waals surface area contributed by atoms with Gasteiger partial charge in [-0.15, -0.1) is 0 Å². The van der Waals surface area contributed by atoms with Gasteiger partial charge >= 0.3 is 5.97 Å². The number of thiol groups is 1. The third-order valence-corrected chi connectivity index (χ3v) is 3.56. The summed E-state index contributed by atoms with van der Waals surface area (Å²) in [5.41, 5.74) is -0.953. The summed E-state index contributed by atoms with van der Waals surface area (Å²) in [4.78, 5) is 23.2. The molecule has 19 heavy (non-hydrogen) atoms. The SMILES string of the molecule is CCC(=O)N(CCS)SOC(=O)[C@@H](C)CCC(O)Cl. The molecule has 0 aliphatic rings.